The SMILES string of the molecule is C=CCCCOC(=O)[C@@H]1[C@H]2C(=O)N([C@H](C)CO)C(C(=O)N(CC=C)CCCCC)C23CC[C@H]1O3. The highest BCUT2D eigenvalue weighted by molar-refractivity contribution is 5.98. The Hall–Kier alpha value is -2.19. The van der Waals surface area contributed by atoms with E-state index in [1.54, 1.807) is 24.0 Å². The van der Waals surface area contributed by atoms with Gasteiger partial charge >= 0.3 is 5.97 Å². The molecule has 6 atom stereocenters. The summed E-state index contributed by atoms with van der Waals surface area (Å²) in [5, 5.41) is 9.92. The number of fused-ring (bicyclic) bond motifs is 1. The second-order valence-corrected chi connectivity index (χ2v) is 9.71. The number of likely N-dealkylation sites (tertiary alicyclic amines) is 1. The summed E-state index contributed by atoms with van der Waals surface area (Å²) in [6.07, 6.45) is 8.42. The molecule has 0 radical (unpaired) electrons. The van der Waals surface area contributed by atoms with Crippen LogP contribution in [0.4, 0.5) is 0 Å². The Kier molecular flexibility index (Phi) is 8.93. The Bertz CT molecular complexity index is 785. The van der Waals surface area contributed by atoms with Crippen molar-refractivity contribution in [1.29, 1.82) is 0 Å². The fraction of sp³-hybridized carbons (Fsp3) is 0.731. The molecule has 3 rings (SSSR count). The molecule has 0 aromatic heterocycles. The molecule has 2 bridgehead atoms. The first kappa shape index (κ1) is 26.4. The normalized spacial score (nSPS) is 30.2. The molecule has 3 aliphatic heterocycles. The van der Waals surface area contributed by atoms with Gasteiger partial charge in [0.1, 0.15) is 11.6 Å². The molecule has 8 nitrogen and oxygen atoms in total. The number of aliphatic hydroxyl groups excluding tert-OH is 1. The average molecular weight is 477 g/mol. The second kappa shape index (κ2) is 11.5. The van der Waals surface area contributed by atoms with Crippen LogP contribution in [0.2, 0.25) is 0 Å². The van der Waals surface area contributed by atoms with Crippen LogP contribution < -0.4 is 0 Å². The Morgan fingerprint density at radius 3 is 2.74 bits per heavy atom. The Morgan fingerprint density at radius 2 is 2.09 bits per heavy atom. The third-order valence-electron chi connectivity index (χ3n) is 7.47. The molecule has 3 saturated heterocycles. The minimum Gasteiger partial charge on any atom is -0.465 e. The molecular weight excluding hydrogens is 436 g/mol. The van der Waals surface area contributed by atoms with Crippen molar-refractivity contribution in [2.45, 2.75) is 82.6 Å². The van der Waals surface area contributed by atoms with E-state index in [2.05, 4.69) is 20.1 Å². The largest absolute Gasteiger partial charge is 0.465 e. The lowest BCUT2D eigenvalue weighted by Gasteiger charge is -2.38. The van der Waals surface area contributed by atoms with Crippen LogP contribution in [0, 0.1) is 11.8 Å². The zero-order valence-corrected chi connectivity index (χ0v) is 20.6. The van der Waals surface area contributed by atoms with Gasteiger partial charge in [-0.1, -0.05) is 31.9 Å². The van der Waals surface area contributed by atoms with E-state index in [0.717, 1.165) is 25.7 Å². The molecule has 1 N–H and O–H groups in total. The molecule has 34 heavy (non-hydrogen) atoms. The highest BCUT2D eigenvalue weighted by Gasteiger charge is 2.75. The minimum absolute atomic E-state index is 0.201. The van der Waals surface area contributed by atoms with E-state index in [0.29, 0.717) is 32.4 Å². The predicted molar refractivity (Wildman–Crippen MR) is 128 cm³/mol. The molecule has 3 fully saturated rings. The number of carbonyl (C=O) groups excluding carboxylic acids is 3. The van der Waals surface area contributed by atoms with E-state index in [1.165, 1.54) is 4.90 Å². The van der Waals surface area contributed by atoms with Gasteiger partial charge in [0.15, 0.2) is 0 Å². The van der Waals surface area contributed by atoms with E-state index in [9.17, 15) is 19.5 Å². The van der Waals surface area contributed by atoms with Gasteiger partial charge in [-0.25, -0.2) is 0 Å². The van der Waals surface area contributed by atoms with Gasteiger partial charge in [0.2, 0.25) is 11.8 Å². The van der Waals surface area contributed by atoms with Crippen LogP contribution in [0.3, 0.4) is 0 Å². The van der Waals surface area contributed by atoms with Crippen molar-refractivity contribution >= 4 is 17.8 Å². The maximum absolute atomic E-state index is 13.9. The van der Waals surface area contributed by atoms with Crippen LogP contribution >= 0.6 is 0 Å². The summed E-state index contributed by atoms with van der Waals surface area (Å²) in [5.41, 5.74) is -1.07. The molecule has 190 valence electrons. The highest BCUT2D eigenvalue weighted by atomic mass is 16.6. The first-order chi connectivity index (χ1) is 16.4. The molecule has 0 saturated carbocycles. The molecule has 2 unspecified atom stereocenters. The minimum atomic E-state index is -1.07. The zero-order valence-electron chi connectivity index (χ0n) is 20.6. The van der Waals surface area contributed by atoms with Crippen molar-refractivity contribution in [3.05, 3.63) is 25.3 Å². The molecule has 3 heterocycles. The molecule has 3 aliphatic rings. The predicted octanol–water partition coefficient (Wildman–Crippen LogP) is 2.46. The summed E-state index contributed by atoms with van der Waals surface area (Å²) in [6.45, 7) is 12.2. The Balaban J connectivity index is 1.91. The standard InChI is InChI=1S/C26H40N2O6/c1-5-8-10-15-27(14-7-3)24(31)22-26-13-12-19(34-26)20(25(32)33-16-11-9-6-2)21(26)23(30)28(22)18(4)17-29/h6-7,18-22,29H,2-3,5,8-17H2,1,4H3/t18-,19-,20+,21+,22?,26?/m1/s1. The first-order valence-corrected chi connectivity index (χ1v) is 12.7. The lowest BCUT2D eigenvalue weighted by Crippen LogP contribution is -2.58. The lowest BCUT2D eigenvalue weighted by atomic mass is 9.70. The van der Waals surface area contributed by atoms with Crippen LogP contribution in [0.25, 0.3) is 0 Å². The number of carbonyl (C=O) groups is 3. The fourth-order valence-corrected chi connectivity index (χ4v) is 5.87. The molecule has 0 aromatic carbocycles. The van der Waals surface area contributed by atoms with Gasteiger partial charge in [0.25, 0.3) is 0 Å². The summed E-state index contributed by atoms with van der Waals surface area (Å²) in [5.74, 6) is -2.45. The number of aliphatic hydroxyl groups is 1. The first-order valence-electron chi connectivity index (χ1n) is 12.7. The van der Waals surface area contributed by atoms with Gasteiger partial charge in [-0.05, 0) is 39.0 Å². The molecular formula is C26H40N2O6. The van der Waals surface area contributed by atoms with Crippen molar-refractivity contribution in [2.24, 2.45) is 11.8 Å². The van der Waals surface area contributed by atoms with Gasteiger partial charge in [-0.2, -0.15) is 0 Å². The third-order valence-corrected chi connectivity index (χ3v) is 7.47. The smallest absolute Gasteiger partial charge is 0.312 e. The number of unbranched alkanes of at least 4 members (excludes halogenated alkanes) is 3. The van der Waals surface area contributed by atoms with E-state index in [-0.39, 0.29) is 25.0 Å². The van der Waals surface area contributed by atoms with Gasteiger partial charge in [-0.3, -0.25) is 14.4 Å². The van der Waals surface area contributed by atoms with Crippen molar-refractivity contribution < 1.29 is 29.0 Å². The van der Waals surface area contributed by atoms with Crippen molar-refractivity contribution in [2.75, 3.05) is 26.3 Å². The monoisotopic (exact) mass is 476 g/mol. The summed E-state index contributed by atoms with van der Waals surface area (Å²) in [6, 6.07) is -1.45. The summed E-state index contributed by atoms with van der Waals surface area (Å²) in [7, 11) is 0. The number of hydrogen-bond acceptors (Lipinski definition) is 6. The molecule has 0 aliphatic carbocycles. The number of rotatable bonds is 14. The molecule has 0 aromatic rings. The van der Waals surface area contributed by atoms with E-state index < -0.39 is 41.6 Å². The third kappa shape index (κ3) is 4.67. The second-order valence-electron chi connectivity index (χ2n) is 9.71. The number of hydrogen-bond donors (Lipinski definition) is 1. The van der Waals surface area contributed by atoms with Gasteiger partial charge in [0.05, 0.1) is 37.2 Å². The van der Waals surface area contributed by atoms with Crippen LogP contribution in [-0.4, -0.2) is 82.8 Å². The van der Waals surface area contributed by atoms with Crippen LogP contribution in [0.5, 0.6) is 0 Å². The molecule has 1 spiro atoms. The zero-order chi connectivity index (χ0) is 24.9. The maximum atomic E-state index is 13.9. The quantitative estimate of drug-likeness (QED) is 0.235. The topological polar surface area (TPSA) is 96.4 Å². The average Bonchev–Trinajstić information content (AvgIpc) is 3.47. The van der Waals surface area contributed by atoms with Gasteiger partial charge < -0.3 is 24.4 Å². The number of esters is 1. The van der Waals surface area contributed by atoms with Gasteiger partial charge in [-0.15, -0.1) is 13.2 Å². The Morgan fingerprint density at radius 1 is 1.32 bits per heavy atom. The maximum Gasteiger partial charge on any atom is 0.312 e. The Labute approximate surface area is 202 Å². The lowest BCUT2D eigenvalue weighted by molar-refractivity contribution is -0.156. The van der Waals surface area contributed by atoms with E-state index in [1.807, 2.05) is 0 Å². The van der Waals surface area contributed by atoms with Crippen LogP contribution in [0.1, 0.15) is 58.8 Å². The number of amides is 2. The van der Waals surface area contributed by atoms with Crippen molar-refractivity contribution in [3.8, 4) is 0 Å². The van der Waals surface area contributed by atoms with Crippen molar-refractivity contribution in [1.82, 2.24) is 9.80 Å². The van der Waals surface area contributed by atoms with E-state index in [4.69, 9.17) is 9.47 Å². The number of nitrogens with zero attached hydrogens (tertiary/aromatic N) is 2. The number of allylic oxidation sites excluding steroid dienone is 1. The van der Waals surface area contributed by atoms with Gasteiger partial charge in [0, 0.05) is 13.1 Å². The fourth-order valence-electron chi connectivity index (χ4n) is 5.87. The molecule has 2 amide bonds. The number of ether oxygens (including phenoxy) is 2. The van der Waals surface area contributed by atoms with Crippen LogP contribution in [-0.2, 0) is 23.9 Å². The van der Waals surface area contributed by atoms with Crippen LogP contribution in [0.15, 0.2) is 25.3 Å². The summed E-state index contributed by atoms with van der Waals surface area (Å²) in [4.78, 5) is 44.0. The van der Waals surface area contributed by atoms with E-state index >= 15 is 0 Å². The highest BCUT2D eigenvalue weighted by Crippen LogP contribution is 2.59. The van der Waals surface area contributed by atoms with Crippen molar-refractivity contribution in [3.63, 3.8) is 0 Å². The summed E-state index contributed by atoms with van der Waals surface area (Å²) >= 11 is 0. The molecule has 8 heteroatoms. The summed E-state index contributed by atoms with van der Waals surface area (Å²) < 4.78 is 11.9.